The molecule has 0 spiro atoms. The molecule has 0 unspecified atom stereocenters. The molecule has 0 aliphatic heterocycles. The fourth-order valence-corrected chi connectivity index (χ4v) is 2.06. The number of hydrogen-bond acceptors (Lipinski definition) is 4. The maximum Gasteiger partial charge on any atom is 0.344 e. The minimum atomic E-state index is -0.631. The summed E-state index contributed by atoms with van der Waals surface area (Å²) in [4.78, 5) is 22.9. The van der Waals surface area contributed by atoms with Crippen molar-refractivity contribution in [3.8, 4) is 5.75 Å². The average molecular weight is 379 g/mol. The molecule has 0 aromatic heterocycles. The summed E-state index contributed by atoms with van der Waals surface area (Å²) in [5, 5.41) is 3.07. The summed E-state index contributed by atoms with van der Waals surface area (Å²) < 4.78 is 10.8. The Balaban J connectivity index is 2.32. The van der Waals surface area contributed by atoms with Crippen LogP contribution in [0.4, 0.5) is 0 Å². The van der Waals surface area contributed by atoms with Gasteiger partial charge in [0.15, 0.2) is 13.2 Å². The zero-order chi connectivity index (χ0) is 15.8. The summed E-state index contributed by atoms with van der Waals surface area (Å²) >= 11 is 9.21. The van der Waals surface area contributed by atoms with E-state index in [9.17, 15) is 9.59 Å². The quantitative estimate of drug-likeness (QED) is 0.741. The summed E-state index contributed by atoms with van der Waals surface area (Å²) in [6.07, 6.45) is 0.810. The summed E-state index contributed by atoms with van der Waals surface area (Å²) in [5.74, 6) is -0.589. The predicted molar refractivity (Wildman–Crippen MR) is 83.5 cm³/mol. The summed E-state index contributed by atoms with van der Waals surface area (Å²) in [6.45, 7) is 3.20. The van der Waals surface area contributed by atoms with Crippen molar-refractivity contribution in [3.05, 3.63) is 27.7 Å². The van der Waals surface area contributed by atoms with Crippen LogP contribution in [0.1, 0.15) is 20.3 Å². The van der Waals surface area contributed by atoms with Gasteiger partial charge in [0, 0.05) is 10.5 Å². The van der Waals surface area contributed by atoms with Gasteiger partial charge in [-0.25, -0.2) is 4.79 Å². The molecule has 0 aliphatic rings. The average Bonchev–Trinajstić information content (AvgIpc) is 2.44. The monoisotopic (exact) mass is 377 g/mol. The van der Waals surface area contributed by atoms with Crippen molar-refractivity contribution in [3.63, 3.8) is 0 Å². The number of hydrogen-bond donors (Lipinski definition) is 1. The van der Waals surface area contributed by atoms with Crippen molar-refractivity contribution in [2.24, 2.45) is 0 Å². The smallest absolute Gasteiger partial charge is 0.344 e. The molecular formula is C14H17BrClNO4. The lowest BCUT2D eigenvalue weighted by Crippen LogP contribution is -2.35. The van der Waals surface area contributed by atoms with E-state index in [-0.39, 0.29) is 25.2 Å². The van der Waals surface area contributed by atoms with Crippen molar-refractivity contribution in [2.45, 2.75) is 26.3 Å². The third-order valence-electron chi connectivity index (χ3n) is 2.62. The van der Waals surface area contributed by atoms with E-state index in [1.54, 1.807) is 18.2 Å². The van der Waals surface area contributed by atoms with Gasteiger partial charge in [0.2, 0.25) is 0 Å². The highest BCUT2D eigenvalue weighted by molar-refractivity contribution is 9.10. The van der Waals surface area contributed by atoms with Crippen molar-refractivity contribution in [2.75, 3.05) is 13.2 Å². The highest BCUT2D eigenvalue weighted by Gasteiger charge is 2.11. The first-order valence-electron chi connectivity index (χ1n) is 6.45. The molecule has 0 saturated carbocycles. The second kappa shape index (κ2) is 8.89. The SMILES string of the molecule is CC[C@H](C)NC(=O)COC(=O)COc1ccc(Br)cc1Cl. The first-order valence-corrected chi connectivity index (χ1v) is 7.62. The maximum absolute atomic E-state index is 11.5. The molecule has 116 valence electrons. The highest BCUT2D eigenvalue weighted by Crippen LogP contribution is 2.27. The number of benzene rings is 1. The zero-order valence-electron chi connectivity index (χ0n) is 11.8. The molecule has 7 heteroatoms. The van der Waals surface area contributed by atoms with Crippen molar-refractivity contribution in [1.29, 1.82) is 0 Å². The molecule has 1 atom stereocenters. The van der Waals surface area contributed by atoms with E-state index in [1.807, 2.05) is 13.8 Å². The van der Waals surface area contributed by atoms with Gasteiger partial charge in [0.05, 0.1) is 5.02 Å². The molecule has 1 N–H and O–H groups in total. The standard InChI is InChI=1S/C14H17BrClNO4/c1-3-9(2)17-13(18)7-21-14(19)8-20-12-5-4-10(15)6-11(12)16/h4-6,9H,3,7-8H2,1-2H3,(H,17,18)/t9-/m0/s1. The van der Waals surface area contributed by atoms with Crippen LogP contribution in [0.15, 0.2) is 22.7 Å². The topological polar surface area (TPSA) is 64.6 Å². The van der Waals surface area contributed by atoms with Gasteiger partial charge in [0.1, 0.15) is 5.75 Å². The Morgan fingerprint density at radius 1 is 1.38 bits per heavy atom. The van der Waals surface area contributed by atoms with E-state index in [4.69, 9.17) is 21.1 Å². The predicted octanol–water partition coefficient (Wildman–Crippen LogP) is 2.94. The molecule has 0 saturated heterocycles. The van der Waals surface area contributed by atoms with E-state index in [0.29, 0.717) is 10.8 Å². The van der Waals surface area contributed by atoms with Gasteiger partial charge in [-0.2, -0.15) is 0 Å². The number of nitrogens with one attached hydrogen (secondary N) is 1. The van der Waals surface area contributed by atoms with Gasteiger partial charge in [-0.15, -0.1) is 0 Å². The van der Waals surface area contributed by atoms with Crippen LogP contribution in [0.5, 0.6) is 5.75 Å². The lowest BCUT2D eigenvalue weighted by molar-refractivity contribution is -0.150. The van der Waals surface area contributed by atoms with E-state index in [2.05, 4.69) is 21.2 Å². The molecule has 1 aromatic carbocycles. The Hall–Kier alpha value is -1.27. The molecule has 1 amide bonds. The van der Waals surface area contributed by atoms with E-state index in [1.165, 1.54) is 0 Å². The van der Waals surface area contributed by atoms with Crippen LogP contribution in [0.25, 0.3) is 0 Å². The van der Waals surface area contributed by atoms with Gasteiger partial charge >= 0.3 is 5.97 Å². The normalized spacial score (nSPS) is 11.6. The zero-order valence-corrected chi connectivity index (χ0v) is 14.2. The van der Waals surface area contributed by atoms with Crippen LogP contribution in [0.3, 0.4) is 0 Å². The van der Waals surface area contributed by atoms with E-state index >= 15 is 0 Å². The first kappa shape index (κ1) is 17.8. The second-order valence-electron chi connectivity index (χ2n) is 4.40. The van der Waals surface area contributed by atoms with Gasteiger partial charge < -0.3 is 14.8 Å². The number of rotatable bonds is 7. The van der Waals surface area contributed by atoms with E-state index < -0.39 is 5.97 Å². The first-order chi connectivity index (χ1) is 9.92. The molecule has 21 heavy (non-hydrogen) atoms. The summed E-state index contributed by atoms with van der Waals surface area (Å²) in [6, 6.07) is 5.08. The third-order valence-corrected chi connectivity index (χ3v) is 3.41. The molecule has 0 radical (unpaired) electrons. The van der Waals surface area contributed by atoms with Crippen molar-refractivity contribution < 1.29 is 19.1 Å². The molecule has 0 aliphatic carbocycles. The largest absolute Gasteiger partial charge is 0.480 e. The fourth-order valence-electron chi connectivity index (χ4n) is 1.34. The fraction of sp³-hybridized carbons (Fsp3) is 0.429. The second-order valence-corrected chi connectivity index (χ2v) is 5.72. The van der Waals surface area contributed by atoms with Crippen LogP contribution in [-0.4, -0.2) is 31.1 Å². The lowest BCUT2D eigenvalue weighted by Gasteiger charge is -2.12. The summed E-state index contributed by atoms with van der Waals surface area (Å²) in [5.41, 5.74) is 0. The highest BCUT2D eigenvalue weighted by atomic mass is 79.9. The molecular weight excluding hydrogens is 362 g/mol. The molecule has 0 fully saturated rings. The molecule has 5 nitrogen and oxygen atoms in total. The van der Waals surface area contributed by atoms with Gasteiger partial charge in [-0.05, 0) is 31.5 Å². The van der Waals surface area contributed by atoms with Gasteiger partial charge in [-0.1, -0.05) is 34.5 Å². The molecule has 1 rings (SSSR count). The Morgan fingerprint density at radius 2 is 2.10 bits per heavy atom. The number of ether oxygens (including phenoxy) is 2. The van der Waals surface area contributed by atoms with Crippen LogP contribution in [0.2, 0.25) is 5.02 Å². The van der Waals surface area contributed by atoms with Crippen LogP contribution in [-0.2, 0) is 14.3 Å². The Kier molecular flexibility index (Phi) is 7.53. The molecule has 0 heterocycles. The lowest BCUT2D eigenvalue weighted by atomic mass is 10.2. The maximum atomic E-state index is 11.5. The number of esters is 1. The Labute approximate surface area is 137 Å². The minimum Gasteiger partial charge on any atom is -0.480 e. The van der Waals surface area contributed by atoms with E-state index in [0.717, 1.165) is 10.9 Å². The molecule has 0 bridgehead atoms. The van der Waals surface area contributed by atoms with Crippen LogP contribution < -0.4 is 10.1 Å². The van der Waals surface area contributed by atoms with Gasteiger partial charge in [-0.3, -0.25) is 4.79 Å². The minimum absolute atomic E-state index is 0.0500. The summed E-state index contributed by atoms with van der Waals surface area (Å²) in [7, 11) is 0. The Bertz CT molecular complexity index is 510. The van der Waals surface area contributed by atoms with Crippen LogP contribution in [0, 0.1) is 0 Å². The van der Waals surface area contributed by atoms with Gasteiger partial charge in [0.25, 0.3) is 5.91 Å². The number of halogens is 2. The Morgan fingerprint density at radius 3 is 2.71 bits per heavy atom. The van der Waals surface area contributed by atoms with Crippen molar-refractivity contribution in [1.82, 2.24) is 5.32 Å². The number of carbonyl (C=O) groups is 2. The van der Waals surface area contributed by atoms with Crippen LogP contribution >= 0.6 is 27.5 Å². The van der Waals surface area contributed by atoms with Crippen molar-refractivity contribution >= 4 is 39.4 Å². The molecule has 1 aromatic rings. The number of carbonyl (C=O) groups excluding carboxylic acids is 2. The third kappa shape index (κ3) is 6.82. The number of amides is 1.